The molecule has 1 atom stereocenters. The number of likely N-dealkylation sites (tertiary alicyclic amines) is 1. The molecule has 33 heavy (non-hydrogen) atoms. The van der Waals surface area contributed by atoms with E-state index in [-0.39, 0.29) is 24.4 Å². The highest BCUT2D eigenvalue weighted by atomic mass is 32.2. The van der Waals surface area contributed by atoms with Gasteiger partial charge in [0.15, 0.2) is 5.84 Å². The van der Waals surface area contributed by atoms with Crippen LogP contribution in [0, 0.1) is 0 Å². The van der Waals surface area contributed by atoms with E-state index in [9.17, 15) is 13.2 Å². The first kappa shape index (κ1) is 22.9. The van der Waals surface area contributed by atoms with Crippen LogP contribution in [-0.2, 0) is 21.4 Å². The number of fused-ring (bicyclic) bond motifs is 1. The molecule has 0 aliphatic carbocycles. The van der Waals surface area contributed by atoms with Crippen molar-refractivity contribution in [2.24, 2.45) is 10.1 Å². The van der Waals surface area contributed by atoms with Crippen molar-refractivity contribution < 1.29 is 22.7 Å². The molecule has 0 aromatic heterocycles. The average Bonchev–Trinajstić information content (AvgIpc) is 2.78. The van der Waals surface area contributed by atoms with Crippen LogP contribution in [0.5, 0.6) is 11.5 Å². The van der Waals surface area contributed by atoms with E-state index in [1.54, 1.807) is 18.2 Å². The van der Waals surface area contributed by atoms with Gasteiger partial charge in [-0.15, -0.1) is 4.40 Å². The number of nitrogens with zero attached hydrogens (tertiary/aromatic N) is 2. The Hall–Kier alpha value is -3.27. The second kappa shape index (κ2) is 9.70. The highest BCUT2D eigenvalue weighted by Crippen LogP contribution is 2.31. The van der Waals surface area contributed by atoms with Crippen molar-refractivity contribution in [3.05, 3.63) is 53.6 Å². The van der Waals surface area contributed by atoms with Crippen molar-refractivity contribution in [1.82, 2.24) is 4.90 Å². The Labute approximate surface area is 193 Å². The van der Waals surface area contributed by atoms with Gasteiger partial charge in [-0.2, -0.15) is 8.42 Å². The highest BCUT2D eigenvalue weighted by Gasteiger charge is 2.29. The molecule has 1 amide bonds. The van der Waals surface area contributed by atoms with Gasteiger partial charge in [-0.3, -0.25) is 9.52 Å². The molecule has 0 spiro atoms. The lowest BCUT2D eigenvalue weighted by molar-refractivity contribution is -0.134. The fourth-order valence-corrected chi connectivity index (χ4v) is 5.02. The SMILES string of the molecule is CCOc1ccc(CC(=O)N2CCCC[C@@H]2COc2cccc3c2C(N)=NS(=O)(=O)N3)cc1. The molecule has 0 radical (unpaired) electrons. The number of ether oxygens (including phenoxy) is 2. The Kier molecular flexibility index (Phi) is 6.73. The number of hydrogen-bond acceptors (Lipinski definition) is 6. The molecule has 2 aliphatic heterocycles. The number of benzene rings is 2. The van der Waals surface area contributed by atoms with Gasteiger partial charge in [0.1, 0.15) is 18.1 Å². The van der Waals surface area contributed by atoms with Crippen LogP contribution < -0.4 is 19.9 Å². The first-order valence-electron chi connectivity index (χ1n) is 11.0. The van der Waals surface area contributed by atoms with E-state index in [0.29, 0.717) is 36.6 Å². The zero-order valence-electron chi connectivity index (χ0n) is 18.5. The van der Waals surface area contributed by atoms with Crippen LogP contribution >= 0.6 is 0 Å². The maximum absolute atomic E-state index is 13.1. The second-order valence-corrected chi connectivity index (χ2v) is 9.37. The lowest BCUT2D eigenvalue weighted by Crippen LogP contribution is -2.47. The lowest BCUT2D eigenvalue weighted by Gasteiger charge is -2.36. The van der Waals surface area contributed by atoms with E-state index >= 15 is 0 Å². The molecule has 0 unspecified atom stereocenters. The molecule has 2 aromatic rings. The highest BCUT2D eigenvalue weighted by molar-refractivity contribution is 7.91. The molecular formula is C23H28N4O5S. The average molecular weight is 473 g/mol. The molecule has 4 rings (SSSR count). The summed E-state index contributed by atoms with van der Waals surface area (Å²) in [6.07, 6.45) is 3.11. The van der Waals surface area contributed by atoms with E-state index in [1.807, 2.05) is 36.1 Å². The number of hydrogen-bond donors (Lipinski definition) is 2. The van der Waals surface area contributed by atoms with Crippen LogP contribution in [0.15, 0.2) is 46.9 Å². The topological polar surface area (TPSA) is 123 Å². The first-order valence-corrected chi connectivity index (χ1v) is 12.5. The molecule has 10 heteroatoms. The summed E-state index contributed by atoms with van der Waals surface area (Å²) in [5.74, 6) is 1.15. The van der Waals surface area contributed by atoms with Crippen molar-refractivity contribution >= 4 is 27.6 Å². The van der Waals surface area contributed by atoms with Gasteiger partial charge in [0.25, 0.3) is 0 Å². The number of rotatable bonds is 7. The Balaban J connectivity index is 1.44. The molecule has 176 valence electrons. The van der Waals surface area contributed by atoms with Gasteiger partial charge in [-0.05, 0) is 56.0 Å². The summed E-state index contributed by atoms with van der Waals surface area (Å²) in [6.45, 7) is 3.49. The van der Waals surface area contributed by atoms with Crippen molar-refractivity contribution in [2.75, 3.05) is 24.5 Å². The number of anilines is 1. The minimum atomic E-state index is -3.86. The Morgan fingerprint density at radius 1 is 1.18 bits per heavy atom. The fraction of sp³-hybridized carbons (Fsp3) is 0.391. The summed E-state index contributed by atoms with van der Waals surface area (Å²) < 4.78 is 41.0. The summed E-state index contributed by atoms with van der Waals surface area (Å²) in [5, 5.41) is 0. The Morgan fingerprint density at radius 2 is 1.97 bits per heavy atom. The first-order chi connectivity index (χ1) is 15.9. The summed E-state index contributed by atoms with van der Waals surface area (Å²) in [6, 6.07) is 12.5. The van der Waals surface area contributed by atoms with Crippen molar-refractivity contribution in [3.63, 3.8) is 0 Å². The largest absolute Gasteiger partial charge is 0.494 e. The quantitative estimate of drug-likeness (QED) is 0.638. The number of nitrogens with two attached hydrogens (primary N) is 1. The number of nitrogens with one attached hydrogen (secondary N) is 1. The lowest BCUT2D eigenvalue weighted by atomic mass is 10.0. The van der Waals surface area contributed by atoms with Crippen LogP contribution in [0.4, 0.5) is 5.69 Å². The maximum atomic E-state index is 13.1. The minimum absolute atomic E-state index is 0.0522. The monoisotopic (exact) mass is 472 g/mol. The van der Waals surface area contributed by atoms with Crippen molar-refractivity contribution in [3.8, 4) is 11.5 Å². The number of carbonyl (C=O) groups excluding carboxylic acids is 1. The molecule has 3 N–H and O–H groups in total. The standard InChI is InChI=1S/C23H28N4O5S/c1-2-31-18-11-9-16(10-12-18)14-21(28)27-13-4-3-6-17(27)15-32-20-8-5-7-19-22(20)23(24)26-33(29,30)25-19/h5,7-12,17,25H,2-4,6,13-15H2,1H3,(H2,24,26)/t17-/m1/s1. The zero-order valence-corrected chi connectivity index (χ0v) is 19.3. The van der Waals surface area contributed by atoms with E-state index in [1.165, 1.54) is 0 Å². The molecule has 9 nitrogen and oxygen atoms in total. The minimum Gasteiger partial charge on any atom is -0.494 e. The van der Waals surface area contributed by atoms with Crippen LogP contribution in [0.3, 0.4) is 0 Å². The predicted octanol–water partition coefficient (Wildman–Crippen LogP) is 2.46. The third kappa shape index (κ3) is 5.39. The molecule has 0 bridgehead atoms. The summed E-state index contributed by atoms with van der Waals surface area (Å²) >= 11 is 0. The summed E-state index contributed by atoms with van der Waals surface area (Å²) in [4.78, 5) is 15.0. The number of amidine groups is 1. The second-order valence-electron chi connectivity index (χ2n) is 8.03. The van der Waals surface area contributed by atoms with Gasteiger partial charge in [0.2, 0.25) is 5.91 Å². The molecular weight excluding hydrogens is 444 g/mol. The van der Waals surface area contributed by atoms with E-state index < -0.39 is 10.2 Å². The van der Waals surface area contributed by atoms with Crippen LogP contribution in [0.25, 0.3) is 0 Å². The smallest absolute Gasteiger partial charge is 0.344 e. The van der Waals surface area contributed by atoms with Crippen molar-refractivity contribution in [1.29, 1.82) is 0 Å². The third-order valence-corrected chi connectivity index (χ3v) is 6.62. The molecule has 1 saturated heterocycles. The van der Waals surface area contributed by atoms with Gasteiger partial charge < -0.3 is 20.1 Å². The fourth-order valence-electron chi connectivity index (χ4n) is 4.17. The normalized spacial score (nSPS) is 19.1. The Bertz CT molecular complexity index is 1150. The predicted molar refractivity (Wildman–Crippen MR) is 126 cm³/mol. The zero-order chi connectivity index (χ0) is 23.4. The molecule has 2 aliphatic rings. The van der Waals surface area contributed by atoms with Gasteiger partial charge in [-0.25, -0.2) is 0 Å². The maximum Gasteiger partial charge on any atom is 0.344 e. The van der Waals surface area contributed by atoms with Crippen LogP contribution in [0.2, 0.25) is 0 Å². The molecule has 2 aromatic carbocycles. The van der Waals surface area contributed by atoms with Gasteiger partial charge in [-0.1, -0.05) is 18.2 Å². The van der Waals surface area contributed by atoms with E-state index in [0.717, 1.165) is 30.6 Å². The van der Waals surface area contributed by atoms with E-state index in [2.05, 4.69) is 9.12 Å². The number of carbonyl (C=O) groups is 1. The number of piperidine rings is 1. The summed E-state index contributed by atoms with van der Waals surface area (Å²) in [7, 11) is -3.86. The molecule has 1 fully saturated rings. The summed E-state index contributed by atoms with van der Waals surface area (Å²) in [5.41, 5.74) is 7.57. The van der Waals surface area contributed by atoms with Crippen LogP contribution in [-0.4, -0.2) is 50.9 Å². The molecule has 0 saturated carbocycles. The third-order valence-electron chi connectivity index (χ3n) is 5.71. The van der Waals surface area contributed by atoms with Gasteiger partial charge >= 0.3 is 10.2 Å². The van der Waals surface area contributed by atoms with Crippen molar-refractivity contribution in [2.45, 2.75) is 38.6 Å². The van der Waals surface area contributed by atoms with Gasteiger partial charge in [0.05, 0.1) is 30.3 Å². The van der Waals surface area contributed by atoms with E-state index in [4.69, 9.17) is 15.2 Å². The Morgan fingerprint density at radius 3 is 2.73 bits per heavy atom. The van der Waals surface area contributed by atoms with Crippen LogP contribution in [0.1, 0.15) is 37.3 Å². The van der Waals surface area contributed by atoms with Gasteiger partial charge in [0, 0.05) is 6.54 Å². The number of amides is 1. The molecule has 2 heterocycles.